The van der Waals surface area contributed by atoms with Crippen molar-refractivity contribution in [3.05, 3.63) is 60.2 Å². The molecule has 3 N–H and O–H groups in total. The van der Waals surface area contributed by atoms with Gasteiger partial charge in [0.1, 0.15) is 0 Å². The van der Waals surface area contributed by atoms with Crippen molar-refractivity contribution < 1.29 is 31.4 Å². The van der Waals surface area contributed by atoms with Crippen LogP contribution in [-0.2, 0) is 28.4 Å². The molecular weight excluding hydrogens is 326 g/mol. The van der Waals surface area contributed by atoms with Gasteiger partial charge in [0.2, 0.25) is 0 Å². The monoisotopic (exact) mass is 345 g/mol. The Labute approximate surface area is 140 Å². The molecular formula is C15H19FeN3O3. The van der Waals surface area contributed by atoms with Gasteiger partial charge in [-0.15, -0.1) is 0 Å². The van der Waals surface area contributed by atoms with Crippen LogP contribution < -0.4 is 16.2 Å². The van der Waals surface area contributed by atoms with Crippen LogP contribution in [0.2, 0.25) is 0 Å². The van der Waals surface area contributed by atoms with Gasteiger partial charge in [-0.1, -0.05) is 0 Å². The van der Waals surface area contributed by atoms with Crippen LogP contribution >= 0.6 is 0 Å². The summed E-state index contributed by atoms with van der Waals surface area (Å²) in [6.07, 6.45) is -0.689. The standard InChI is InChI=1S/C10H14N3O3.C5H5.Fe/c1-2-16-10(15)13-12-9(14)11-7-8-5-3-4-6-8;1-2-4-5-3-1;/h3-6H,2,7H2,1H3,(H,13,15)(H2,11,12,14);1-5H;/q2*-1;+2. The maximum absolute atomic E-state index is 11.2. The third-order valence-corrected chi connectivity index (χ3v) is 2.29. The Morgan fingerprint density at radius 3 is 2.36 bits per heavy atom. The van der Waals surface area contributed by atoms with Crippen LogP contribution in [0.3, 0.4) is 0 Å². The summed E-state index contributed by atoms with van der Waals surface area (Å²) in [5.41, 5.74) is 5.24. The van der Waals surface area contributed by atoms with Crippen molar-refractivity contribution in [3.63, 3.8) is 0 Å². The molecule has 2 aromatic rings. The number of rotatable bonds is 3. The minimum Gasteiger partial charge on any atom is -0.449 e. The largest absolute Gasteiger partial charge is 2.00 e. The maximum atomic E-state index is 11.2. The molecule has 0 aliphatic carbocycles. The molecule has 2 rings (SSSR count). The normalized spacial score (nSPS) is 8.59. The molecule has 7 heteroatoms. The van der Waals surface area contributed by atoms with Crippen LogP contribution in [0.1, 0.15) is 12.5 Å². The smallest absolute Gasteiger partial charge is 0.449 e. The van der Waals surface area contributed by atoms with E-state index in [1.165, 1.54) is 0 Å². The molecule has 0 radical (unpaired) electrons. The number of urea groups is 1. The van der Waals surface area contributed by atoms with Crippen LogP contribution in [0.15, 0.2) is 54.6 Å². The Morgan fingerprint density at radius 2 is 1.86 bits per heavy atom. The van der Waals surface area contributed by atoms with E-state index in [1.807, 2.05) is 54.6 Å². The van der Waals surface area contributed by atoms with E-state index in [9.17, 15) is 9.59 Å². The fourth-order valence-electron chi connectivity index (χ4n) is 1.35. The molecule has 0 atom stereocenters. The molecule has 2 aromatic carbocycles. The van der Waals surface area contributed by atoms with E-state index in [-0.39, 0.29) is 23.7 Å². The van der Waals surface area contributed by atoms with E-state index < -0.39 is 12.1 Å². The first kappa shape index (κ1) is 19.8. The van der Waals surface area contributed by atoms with E-state index >= 15 is 0 Å². The molecule has 0 saturated carbocycles. The van der Waals surface area contributed by atoms with Gasteiger partial charge >= 0.3 is 29.2 Å². The summed E-state index contributed by atoms with van der Waals surface area (Å²) in [6, 6.07) is 17.0. The fraction of sp³-hybridized carbons (Fsp3) is 0.200. The van der Waals surface area contributed by atoms with Gasteiger partial charge in [0.25, 0.3) is 0 Å². The predicted octanol–water partition coefficient (Wildman–Crippen LogP) is 2.27. The number of nitrogens with one attached hydrogen (secondary N) is 3. The molecule has 0 aliphatic heterocycles. The molecule has 0 fully saturated rings. The first-order valence-corrected chi connectivity index (χ1v) is 6.56. The quantitative estimate of drug-likeness (QED) is 0.454. The van der Waals surface area contributed by atoms with E-state index in [0.717, 1.165) is 5.56 Å². The minimum atomic E-state index is -0.689. The molecule has 0 aromatic heterocycles. The number of hydrazine groups is 1. The predicted molar refractivity (Wildman–Crippen MR) is 79.6 cm³/mol. The van der Waals surface area contributed by atoms with Gasteiger partial charge in [0, 0.05) is 0 Å². The van der Waals surface area contributed by atoms with Crippen molar-refractivity contribution in [2.24, 2.45) is 0 Å². The third-order valence-electron chi connectivity index (χ3n) is 2.29. The van der Waals surface area contributed by atoms with E-state index in [1.54, 1.807) is 6.92 Å². The van der Waals surface area contributed by atoms with Crippen molar-refractivity contribution in [2.75, 3.05) is 6.61 Å². The Balaban J connectivity index is 0.000000622. The molecule has 3 amide bonds. The SMILES string of the molecule is CCOC(=O)NNC(=O)NCc1cc[cH-]c1.[Fe+2].c1cc[cH-]c1. The summed E-state index contributed by atoms with van der Waals surface area (Å²) >= 11 is 0. The number of carbonyl (C=O) groups is 2. The summed E-state index contributed by atoms with van der Waals surface area (Å²) in [5.74, 6) is 0. The average molecular weight is 345 g/mol. The molecule has 0 saturated heterocycles. The summed E-state index contributed by atoms with van der Waals surface area (Å²) < 4.78 is 4.55. The van der Waals surface area contributed by atoms with E-state index in [4.69, 9.17) is 0 Å². The zero-order chi connectivity index (χ0) is 15.3. The summed E-state index contributed by atoms with van der Waals surface area (Å²) in [7, 11) is 0. The second-order valence-electron chi connectivity index (χ2n) is 3.91. The molecule has 0 heterocycles. The van der Waals surface area contributed by atoms with Crippen molar-refractivity contribution in [1.82, 2.24) is 16.2 Å². The van der Waals surface area contributed by atoms with Gasteiger partial charge in [-0.25, -0.2) is 38.6 Å². The second-order valence-corrected chi connectivity index (χ2v) is 3.91. The number of hydrogen-bond donors (Lipinski definition) is 3. The first-order chi connectivity index (χ1) is 10.2. The number of hydrogen-bond acceptors (Lipinski definition) is 3. The Kier molecular flexibility index (Phi) is 11.2. The Morgan fingerprint density at radius 1 is 1.14 bits per heavy atom. The van der Waals surface area contributed by atoms with Gasteiger partial charge in [-0.3, -0.25) is 0 Å². The molecule has 120 valence electrons. The van der Waals surface area contributed by atoms with Gasteiger partial charge in [0.05, 0.1) is 6.61 Å². The van der Waals surface area contributed by atoms with Crippen molar-refractivity contribution in [1.29, 1.82) is 0 Å². The van der Waals surface area contributed by atoms with Crippen molar-refractivity contribution in [2.45, 2.75) is 13.5 Å². The number of amides is 3. The summed E-state index contributed by atoms with van der Waals surface area (Å²) in [5, 5.41) is 2.56. The van der Waals surface area contributed by atoms with Crippen molar-refractivity contribution in [3.8, 4) is 0 Å². The zero-order valence-electron chi connectivity index (χ0n) is 12.2. The molecule has 0 aliphatic rings. The Hall–Kier alpha value is -2.24. The average Bonchev–Trinajstić information content (AvgIpc) is 3.18. The van der Waals surface area contributed by atoms with Gasteiger partial charge in [-0.2, -0.15) is 42.0 Å². The fourth-order valence-corrected chi connectivity index (χ4v) is 1.35. The summed E-state index contributed by atoms with van der Waals surface area (Å²) in [6.45, 7) is 2.33. The van der Waals surface area contributed by atoms with Crippen LogP contribution in [0, 0.1) is 0 Å². The van der Waals surface area contributed by atoms with Gasteiger partial charge in [-0.05, 0) is 13.5 Å². The molecule has 0 bridgehead atoms. The topological polar surface area (TPSA) is 79.5 Å². The van der Waals surface area contributed by atoms with Gasteiger partial charge in [0.15, 0.2) is 0 Å². The summed E-state index contributed by atoms with van der Waals surface area (Å²) in [4.78, 5) is 22.0. The molecule has 6 nitrogen and oxygen atoms in total. The number of ether oxygens (including phenoxy) is 1. The maximum Gasteiger partial charge on any atom is 2.00 e. The van der Waals surface area contributed by atoms with Crippen LogP contribution in [0.5, 0.6) is 0 Å². The van der Waals surface area contributed by atoms with Crippen molar-refractivity contribution >= 4 is 12.1 Å². The van der Waals surface area contributed by atoms with Crippen LogP contribution in [0.4, 0.5) is 9.59 Å². The molecule has 0 unspecified atom stereocenters. The first-order valence-electron chi connectivity index (χ1n) is 6.56. The third kappa shape index (κ3) is 9.63. The van der Waals surface area contributed by atoms with Crippen LogP contribution in [-0.4, -0.2) is 18.7 Å². The second kappa shape index (κ2) is 12.5. The molecule has 0 spiro atoms. The van der Waals surface area contributed by atoms with E-state index in [0.29, 0.717) is 6.54 Å². The van der Waals surface area contributed by atoms with E-state index in [2.05, 4.69) is 20.9 Å². The van der Waals surface area contributed by atoms with Gasteiger partial charge < -0.3 is 10.1 Å². The molecule has 22 heavy (non-hydrogen) atoms. The number of carbonyl (C=O) groups excluding carboxylic acids is 2. The minimum absolute atomic E-state index is 0. The zero-order valence-corrected chi connectivity index (χ0v) is 13.3. The Bertz CT molecular complexity index is 481. The van der Waals surface area contributed by atoms with Crippen LogP contribution in [0.25, 0.3) is 0 Å².